The largest absolute Gasteiger partial charge is 0.379 e. The second kappa shape index (κ2) is 5.09. The monoisotopic (exact) mass is 271 g/mol. The van der Waals surface area contributed by atoms with Crippen LogP contribution >= 0.6 is 34.5 Å². The summed E-state index contributed by atoms with van der Waals surface area (Å²) in [6.45, 7) is 2.89. The Labute approximate surface area is 109 Å². The molecule has 0 amide bonds. The molecule has 1 aromatic heterocycles. The number of rotatable bonds is 3. The summed E-state index contributed by atoms with van der Waals surface area (Å²) in [6.07, 6.45) is 0. The van der Waals surface area contributed by atoms with Gasteiger partial charge in [-0.1, -0.05) is 29.3 Å². The first kappa shape index (κ1) is 11.8. The standard InChI is InChI=1S/C12H11Cl2NS/c1-8-5-6-16-11(8)7-15-10-4-2-3-9(13)12(10)14/h2-6,15H,7H2,1H3. The molecule has 1 N–H and O–H groups in total. The summed E-state index contributed by atoms with van der Waals surface area (Å²) in [5.41, 5.74) is 2.18. The Morgan fingerprint density at radius 3 is 2.75 bits per heavy atom. The number of benzene rings is 1. The van der Waals surface area contributed by atoms with Gasteiger partial charge in [-0.25, -0.2) is 0 Å². The summed E-state index contributed by atoms with van der Waals surface area (Å²) in [6, 6.07) is 7.71. The Morgan fingerprint density at radius 1 is 1.25 bits per heavy atom. The van der Waals surface area contributed by atoms with Crippen molar-refractivity contribution in [3.05, 3.63) is 50.1 Å². The Bertz CT molecular complexity index is 494. The van der Waals surface area contributed by atoms with Crippen molar-refractivity contribution in [2.45, 2.75) is 13.5 Å². The van der Waals surface area contributed by atoms with E-state index in [1.54, 1.807) is 17.4 Å². The van der Waals surface area contributed by atoms with Crippen molar-refractivity contribution in [1.29, 1.82) is 0 Å². The predicted molar refractivity (Wildman–Crippen MR) is 72.8 cm³/mol. The molecule has 0 spiro atoms. The highest BCUT2D eigenvalue weighted by molar-refractivity contribution is 7.10. The fourth-order valence-corrected chi connectivity index (χ4v) is 2.61. The van der Waals surface area contributed by atoms with Gasteiger partial charge in [-0.05, 0) is 36.1 Å². The van der Waals surface area contributed by atoms with Crippen molar-refractivity contribution in [1.82, 2.24) is 0 Å². The van der Waals surface area contributed by atoms with E-state index in [0.717, 1.165) is 12.2 Å². The lowest BCUT2D eigenvalue weighted by atomic mass is 10.2. The molecular weight excluding hydrogens is 261 g/mol. The minimum atomic E-state index is 0.578. The lowest BCUT2D eigenvalue weighted by Gasteiger charge is -2.08. The van der Waals surface area contributed by atoms with Crippen LogP contribution in [0.2, 0.25) is 10.0 Å². The van der Waals surface area contributed by atoms with E-state index in [-0.39, 0.29) is 0 Å². The first-order valence-electron chi connectivity index (χ1n) is 4.89. The van der Waals surface area contributed by atoms with Gasteiger partial charge in [-0.15, -0.1) is 11.3 Å². The third kappa shape index (κ3) is 2.51. The molecule has 0 aliphatic heterocycles. The van der Waals surface area contributed by atoms with Crippen molar-refractivity contribution < 1.29 is 0 Å². The lowest BCUT2D eigenvalue weighted by molar-refractivity contribution is 1.17. The zero-order chi connectivity index (χ0) is 11.5. The average molecular weight is 272 g/mol. The van der Waals surface area contributed by atoms with Crippen LogP contribution in [0.4, 0.5) is 5.69 Å². The van der Waals surface area contributed by atoms with E-state index in [0.29, 0.717) is 10.0 Å². The number of anilines is 1. The minimum absolute atomic E-state index is 0.578. The normalized spacial score (nSPS) is 10.4. The van der Waals surface area contributed by atoms with Gasteiger partial charge in [0, 0.05) is 11.4 Å². The highest BCUT2D eigenvalue weighted by Gasteiger charge is 2.05. The summed E-state index contributed by atoms with van der Waals surface area (Å²) in [7, 11) is 0. The Balaban J connectivity index is 2.11. The quantitative estimate of drug-likeness (QED) is 0.831. The van der Waals surface area contributed by atoms with E-state index in [2.05, 4.69) is 23.7 Å². The topological polar surface area (TPSA) is 12.0 Å². The molecule has 1 aromatic carbocycles. The number of hydrogen-bond donors (Lipinski definition) is 1. The molecule has 0 saturated carbocycles. The van der Waals surface area contributed by atoms with Crippen LogP contribution in [0.25, 0.3) is 0 Å². The zero-order valence-electron chi connectivity index (χ0n) is 8.76. The molecule has 1 heterocycles. The maximum atomic E-state index is 6.08. The van der Waals surface area contributed by atoms with Crippen LogP contribution in [0.5, 0.6) is 0 Å². The van der Waals surface area contributed by atoms with Gasteiger partial charge in [0.05, 0.1) is 15.7 Å². The SMILES string of the molecule is Cc1ccsc1CNc1cccc(Cl)c1Cl. The second-order valence-electron chi connectivity index (χ2n) is 3.48. The van der Waals surface area contributed by atoms with Gasteiger partial charge >= 0.3 is 0 Å². The maximum Gasteiger partial charge on any atom is 0.0823 e. The van der Waals surface area contributed by atoms with Crippen LogP contribution in [0.3, 0.4) is 0 Å². The molecule has 1 nitrogen and oxygen atoms in total. The number of aryl methyl sites for hydroxylation is 1. The second-order valence-corrected chi connectivity index (χ2v) is 5.27. The molecule has 0 atom stereocenters. The van der Waals surface area contributed by atoms with Crippen LogP contribution < -0.4 is 5.32 Å². The summed E-state index contributed by atoms with van der Waals surface area (Å²) in [5.74, 6) is 0. The Hall–Kier alpha value is -0.700. The van der Waals surface area contributed by atoms with Crippen molar-refractivity contribution in [2.75, 3.05) is 5.32 Å². The van der Waals surface area contributed by atoms with Gasteiger partial charge in [0.25, 0.3) is 0 Å². The maximum absolute atomic E-state index is 6.08. The molecule has 0 saturated heterocycles. The minimum Gasteiger partial charge on any atom is -0.379 e. The van der Waals surface area contributed by atoms with E-state index in [9.17, 15) is 0 Å². The third-order valence-corrected chi connectivity index (χ3v) is 4.20. The number of nitrogens with one attached hydrogen (secondary N) is 1. The van der Waals surface area contributed by atoms with Crippen molar-refractivity contribution >= 4 is 40.2 Å². The van der Waals surface area contributed by atoms with E-state index in [4.69, 9.17) is 23.2 Å². The molecule has 0 unspecified atom stereocenters. The summed E-state index contributed by atoms with van der Waals surface area (Å²) >= 11 is 13.8. The molecule has 16 heavy (non-hydrogen) atoms. The van der Waals surface area contributed by atoms with E-state index < -0.39 is 0 Å². The van der Waals surface area contributed by atoms with Gasteiger partial charge in [-0.2, -0.15) is 0 Å². The van der Waals surface area contributed by atoms with Crippen LogP contribution in [0.1, 0.15) is 10.4 Å². The molecule has 0 bridgehead atoms. The number of thiophene rings is 1. The van der Waals surface area contributed by atoms with E-state index >= 15 is 0 Å². The van der Waals surface area contributed by atoms with Crippen LogP contribution in [-0.4, -0.2) is 0 Å². The third-order valence-electron chi connectivity index (χ3n) is 2.36. The average Bonchev–Trinajstić information content (AvgIpc) is 2.67. The molecule has 4 heteroatoms. The van der Waals surface area contributed by atoms with Gasteiger partial charge in [-0.3, -0.25) is 0 Å². The van der Waals surface area contributed by atoms with Gasteiger partial charge in [0.2, 0.25) is 0 Å². The van der Waals surface area contributed by atoms with Gasteiger partial charge in [0.15, 0.2) is 0 Å². The molecule has 2 rings (SSSR count). The van der Waals surface area contributed by atoms with Crippen molar-refractivity contribution in [3.63, 3.8) is 0 Å². The lowest BCUT2D eigenvalue weighted by Crippen LogP contribution is -1.99. The summed E-state index contributed by atoms with van der Waals surface area (Å²) in [5, 5.41) is 6.54. The zero-order valence-corrected chi connectivity index (χ0v) is 11.1. The van der Waals surface area contributed by atoms with E-state index in [1.807, 2.05) is 12.1 Å². The first-order chi connectivity index (χ1) is 7.68. The summed E-state index contributed by atoms with van der Waals surface area (Å²) in [4.78, 5) is 1.32. The fourth-order valence-electron chi connectivity index (χ4n) is 1.40. The van der Waals surface area contributed by atoms with Crippen molar-refractivity contribution in [2.24, 2.45) is 0 Å². The molecule has 0 aliphatic rings. The van der Waals surface area contributed by atoms with Crippen LogP contribution in [0, 0.1) is 6.92 Å². The summed E-state index contributed by atoms with van der Waals surface area (Å²) < 4.78 is 0. The number of halogens is 2. The van der Waals surface area contributed by atoms with Crippen molar-refractivity contribution in [3.8, 4) is 0 Å². The Morgan fingerprint density at radius 2 is 2.06 bits per heavy atom. The molecule has 0 radical (unpaired) electrons. The fraction of sp³-hybridized carbons (Fsp3) is 0.167. The Kier molecular flexibility index (Phi) is 3.74. The molecule has 84 valence electrons. The van der Waals surface area contributed by atoms with Gasteiger partial charge in [0.1, 0.15) is 0 Å². The molecule has 2 aromatic rings. The first-order valence-corrected chi connectivity index (χ1v) is 6.53. The highest BCUT2D eigenvalue weighted by Crippen LogP contribution is 2.30. The highest BCUT2D eigenvalue weighted by atomic mass is 35.5. The van der Waals surface area contributed by atoms with Crippen LogP contribution in [0.15, 0.2) is 29.6 Å². The number of hydrogen-bond acceptors (Lipinski definition) is 2. The molecule has 0 fully saturated rings. The molecule has 0 aliphatic carbocycles. The molecular formula is C12H11Cl2NS. The van der Waals surface area contributed by atoms with E-state index in [1.165, 1.54) is 10.4 Å². The smallest absolute Gasteiger partial charge is 0.0823 e. The van der Waals surface area contributed by atoms with Crippen LogP contribution in [-0.2, 0) is 6.54 Å². The predicted octanol–water partition coefficient (Wildman–Crippen LogP) is 4.98. The van der Waals surface area contributed by atoms with Gasteiger partial charge < -0.3 is 5.32 Å².